The lowest BCUT2D eigenvalue weighted by atomic mass is 10.1. The van der Waals surface area contributed by atoms with Crippen LogP contribution in [0.5, 0.6) is 0 Å². The highest BCUT2D eigenvalue weighted by atomic mass is 32.1. The van der Waals surface area contributed by atoms with Gasteiger partial charge in [-0.3, -0.25) is 14.7 Å². The van der Waals surface area contributed by atoms with Gasteiger partial charge in [-0.1, -0.05) is 18.3 Å². The fourth-order valence-electron chi connectivity index (χ4n) is 2.15. The summed E-state index contributed by atoms with van der Waals surface area (Å²) in [6.45, 7) is 8.44. The smallest absolute Gasteiger partial charge is 0.276 e. The summed E-state index contributed by atoms with van der Waals surface area (Å²) < 4.78 is 1.47. The minimum absolute atomic E-state index is 0.0191. The van der Waals surface area contributed by atoms with Crippen LogP contribution in [0.2, 0.25) is 0 Å². The summed E-state index contributed by atoms with van der Waals surface area (Å²) in [7, 11) is 0. The van der Waals surface area contributed by atoms with Gasteiger partial charge in [0.1, 0.15) is 0 Å². The maximum Gasteiger partial charge on any atom is 0.276 e. The standard InChI is InChI=1S/C15H22N4O2S/c1-5-8-16-13(20)7-6-12-10(3)18-19(14(12)21)15-17-9(2)11(4)22-15/h18H,5-8H2,1-4H3,(H,16,20). The van der Waals surface area contributed by atoms with Crippen LogP contribution in [0.25, 0.3) is 5.13 Å². The lowest BCUT2D eigenvalue weighted by Crippen LogP contribution is -2.25. The van der Waals surface area contributed by atoms with E-state index in [1.54, 1.807) is 0 Å². The molecule has 0 bridgehead atoms. The second kappa shape index (κ2) is 6.91. The number of nitrogens with zero attached hydrogens (tertiary/aromatic N) is 2. The summed E-state index contributed by atoms with van der Waals surface area (Å²) in [5.41, 5.74) is 2.25. The summed E-state index contributed by atoms with van der Waals surface area (Å²) >= 11 is 1.48. The Morgan fingerprint density at radius 2 is 2.09 bits per heavy atom. The number of carbonyl (C=O) groups is 1. The van der Waals surface area contributed by atoms with E-state index >= 15 is 0 Å². The third kappa shape index (κ3) is 3.47. The molecule has 2 heterocycles. The minimum Gasteiger partial charge on any atom is -0.356 e. The van der Waals surface area contributed by atoms with E-state index in [4.69, 9.17) is 0 Å². The molecule has 0 saturated heterocycles. The zero-order valence-corrected chi connectivity index (χ0v) is 14.3. The first-order chi connectivity index (χ1) is 10.4. The normalized spacial score (nSPS) is 10.9. The van der Waals surface area contributed by atoms with Gasteiger partial charge in [-0.2, -0.15) is 4.68 Å². The molecule has 0 radical (unpaired) electrons. The molecule has 2 N–H and O–H groups in total. The molecule has 0 aromatic carbocycles. The van der Waals surface area contributed by atoms with Crippen LogP contribution in [0, 0.1) is 20.8 Å². The highest BCUT2D eigenvalue weighted by Gasteiger charge is 2.16. The largest absolute Gasteiger partial charge is 0.356 e. The zero-order valence-electron chi connectivity index (χ0n) is 13.4. The number of nitrogens with one attached hydrogen (secondary N) is 2. The SMILES string of the molecule is CCCNC(=O)CCc1c(C)[nH]n(-c2nc(C)c(C)s2)c1=O. The van der Waals surface area contributed by atoms with Crippen molar-refractivity contribution in [2.75, 3.05) is 6.54 Å². The third-order valence-corrected chi connectivity index (χ3v) is 4.63. The molecular weight excluding hydrogens is 300 g/mol. The second-order valence-corrected chi connectivity index (χ2v) is 6.53. The minimum atomic E-state index is -0.116. The highest BCUT2D eigenvalue weighted by Crippen LogP contribution is 2.19. The molecule has 0 spiro atoms. The topological polar surface area (TPSA) is 79.8 Å². The zero-order chi connectivity index (χ0) is 16.3. The Morgan fingerprint density at radius 1 is 1.36 bits per heavy atom. The molecule has 6 nitrogen and oxygen atoms in total. The Balaban J connectivity index is 2.17. The van der Waals surface area contributed by atoms with Crippen molar-refractivity contribution in [1.29, 1.82) is 0 Å². The van der Waals surface area contributed by atoms with Crippen LogP contribution in [0.1, 0.15) is 41.6 Å². The van der Waals surface area contributed by atoms with Crippen LogP contribution in [0.3, 0.4) is 0 Å². The maximum absolute atomic E-state index is 12.5. The van der Waals surface area contributed by atoms with Crippen LogP contribution in [-0.2, 0) is 11.2 Å². The number of hydrogen-bond donors (Lipinski definition) is 2. The molecule has 0 aliphatic rings. The van der Waals surface area contributed by atoms with Crippen molar-refractivity contribution in [3.63, 3.8) is 0 Å². The molecule has 7 heteroatoms. The van der Waals surface area contributed by atoms with E-state index in [0.717, 1.165) is 22.7 Å². The van der Waals surface area contributed by atoms with Crippen molar-refractivity contribution < 1.29 is 4.79 Å². The Hall–Kier alpha value is -1.89. The van der Waals surface area contributed by atoms with Crippen molar-refractivity contribution in [1.82, 2.24) is 20.1 Å². The molecule has 0 atom stereocenters. The molecule has 0 saturated carbocycles. The van der Waals surface area contributed by atoms with E-state index in [9.17, 15) is 9.59 Å². The van der Waals surface area contributed by atoms with Gasteiger partial charge in [0.15, 0.2) is 0 Å². The Labute approximate surface area is 133 Å². The number of aryl methyl sites for hydroxylation is 3. The summed E-state index contributed by atoms with van der Waals surface area (Å²) in [6.07, 6.45) is 1.67. The van der Waals surface area contributed by atoms with Gasteiger partial charge in [0.05, 0.1) is 5.69 Å². The highest BCUT2D eigenvalue weighted by molar-refractivity contribution is 7.14. The molecule has 0 aliphatic carbocycles. The average molecular weight is 322 g/mol. The number of thiazole rings is 1. The van der Waals surface area contributed by atoms with Crippen molar-refractivity contribution in [2.24, 2.45) is 0 Å². The van der Waals surface area contributed by atoms with E-state index in [1.165, 1.54) is 16.0 Å². The fraction of sp³-hybridized carbons (Fsp3) is 0.533. The first-order valence-electron chi connectivity index (χ1n) is 7.45. The molecule has 22 heavy (non-hydrogen) atoms. The van der Waals surface area contributed by atoms with Gasteiger partial charge in [-0.15, -0.1) is 0 Å². The van der Waals surface area contributed by atoms with Crippen LogP contribution in [0.4, 0.5) is 0 Å². The van der Waals surface area contributed by atoms with Gasteiger partial charge in [0.25, 0.3) is 5.56 Å². The molecule has 1 amide bonds. The predicted octanol–water partition coefficient (Wildman–Crippen LogP) is 2.01. The van der Waals surface area contributed by atoms with E-state index < -0.39 is 0 Å². The molecular formula is C15H22N4O2S. The van der Waals surface area contributed by atoms with E-state index in [1.807, 2.05) is 27.7 Å². The lowest BCUT2D eigenvalue weighted by molar-refractivity contribution is -0.121. The van der Waals surface area contributed by atoms with Crippen molar-refractivity contribution in [3.8, 4) is 5.13 Å². The third-order valence-electron chi connectivity index (χ3n) is 3.58. The quantitative estimate of drug-likeness (QED) is 0.854. The first kappa shape index (κ1) is 16.5. The lowest BCUT2D eigenvalue weighted by Gasteiger charge is -2.02. The van der Waals surface area contributed by atoms with Crippen LogP contribution in [-0.4, -0.2) is 27.2 Å². The number of aromatic nitrogens is 3. The van der Waals surface area contributed by atoms with Gasteiger partial charge in [0.2, 0.25) is 11.0 Å². The monoisotopic (exact) mass is 322 g/mol. The predicted molar refractivity (Wildman–Crippen MR) is 87.9 cm³/mol. The van der Waals surface area contributed by atoms with Gasteiger partial charge in [-0.05, 0) is 33.6 Å². The van der Waals surface area contributed by atoms with Crippen LogP contribution >= 0.6 is 11.3 Å². The molecule has 120 valence electrons. The Morgan fingerprint density at radius 3 is 2.68 bits per heavy atom. The molecule has 0 fully saturated rings. The summed E-state index contributed by atoms with van der Waals surface area (Å²) in [4.78, 5) is 29.7. The van der Waals surface area contributed by atoms with Gasteiger partial charge < -0.3 is 5.32 Å². The fourth-order valence-corrected chi connectivity index (χ4v) is 3.02. The van der Waals surface area contributed by atoms with Crippen molar-refractivity contribution in [3.05, 3.63) is 32.2 Å². The van der Waals surface area contributed by atoms with Crippen molar-refractivity contribution in [2.45, 2.75) is 47.0 Å². The van der Waals surface area contributed by atoms with E-state index in [-0.39, 0.29) is 11.5 Å². The summed E-state index contributed by atoms with van der Waals surface area (Å²) in [5, 5.41) is 6.52. The summed E-state index contributed by atoms with van der Waals surface area (Å²) in [6, 6.07) is 0. The molecule has 2 aromatic heterocycles. The van der Waals surface area contributed by atoms with Crippen molar-refractivity contribution >= 4 is 17.2 Å². The molecule has 2 aromatic rings. The number of carbonyl (C=O) groups excluding carboxylic acids is 1. The number of aromatic amines is 1. The average Bonchev–Trinajstić information content (AvgIpc) is 2.95. The van der Waals surface area contributed by atoms with Crippen LogP contribution < -0.4 is 10.9 Å². The number of hydrogen-bond acceptors (Lipinski definition) is 4. The van der Waals surface area contributed by atoms with E-state index in [2.05, 4.69) is 15.4 Å². The Bertz CT molecular complexity index is 707. The first-order valence-corrected chi connectivity index (χ1v) is 8.27. The van der Waals surface area contributed by atoms with Gasteiger partial charge in [0, 0.05) is 29.1 Å². The molecule has 0 unspecified atom stereocenters. The van der Waals surface area contributed by atoms with Gasteiger partial charge >= 0.3 is 0 Å². The second-order valence-electron chi connectivity index (χ2n) is 5.34. The molecule has 2 rings (SSSR count). The van der Waals surface area contributed by atoms with E-state index in [0.29, 0.717) is 30.1 Å². The number of H-pyrrole nitrogens is 1. The number of amides is 1. The summed E-state index contributed by atoms with van der Waals surface area (Å²) in [5.74, 6) is -0.0191. The van der Waals surface area contributed by atoms with Gasteiger partial charge in [-0.25, -0.2) is 4.98 Å². The Kier molecular flexibility index (Phi) is 5.18. The maximum atomic E-state index is 12.5. The molecule has 0 aliphatic heterocycles. The van der Waals surface area contributed by atoms with Crippen LogP contribution in [0.15, 0.2) is 4.79 Å². The number of rotatable bonds is 6.